The number of nitro benzene ring substituents is 2. The fraction of sp³-hybridized carbons (Fsp3) is 0.333. The Balaban J connectivity index is 4.12. The fourth-order valence-electron chi connectivity index (χ4n) is 1.75. The van der Waals surface area contributed by atoms with E-state index in [-0.39, 0.29) is 6.07 Å². The van der Waals surface area contributed by atoms with Crippen LogP contribution in [0.3, 0.4) is 0 Å². The molecule has 0 spiro atoms. The van der Waals surface area contributed by atoms with Crippen molar-refractivity contribution < 1.29 is 23.0 Å². The average molecular weight is 320 g/mol. The zero-order chi connectivity index (χ0) is 17.2. The number of rotatable bonds is 4. The predicted molar refractivity (Wildman–Crippen MR) is 67.9 cm³/mol. The summed E-state index contributed by atoms with van der Waals surface area (Å²) in [7, 11) is 2.34. The number of nitrogens with zero attached hydrogens (tertiary/aromatic N) is 6. The van der Waals surface area contributed by atoms with Gasteiger partial charge in [-0.3, -0.25) is 20.2 Å². The molecule has 10 nitrogen and oxygen atoms in total. The predicted octanol–water partition coefficient (Wildman–Crippen LogP) is 3.53. The maximum absolute atomic E-state index is 12.9. The number of azide groups is 1. The van der Waals surface area contributed by atoms with Crippen molar-refractivity contribution in [1.82, 2.24) is 0 Å². The van der Waals surface area contributed by atoms with Crippen LogP contribution in [0.2, 0.25) is 0 Å². The third-order valence-electron chi connectivity index (χ3n) is 2.50. The molecule has 0 bridgehead atoms. The van der Waals surface area contributed by atoms with Crippen LogP contribution >= 0.6 is 0 Å². The summed E-state index contributed by atoms with van der Waals surface area (Å²) < 4.78 is 38.8. The third-order valence-corrected chi connectivity index (χ3v) is 2.50. The Morgan fingerprint density at radius 2 is 1.82 bits per heavy atom. The SMILES string of the molecule is CN(C)c1c([N+](=O)[O-])cc(C(F)(F)F)c(N=[N+]=[N-])c1[N+](=O)[O-]. The number of anilines is 1. The first-order chi connectivity index (χ1) is 10.0. The summed E-state index contributed by atoms with van der Waals surface area (Å²) in [5.74, 6) is 0. The van der Waals surface area contributed by atoms with Gasteiger partial charge in [0.2, 0.25) is 0 Å². The summed E-state index contributed by atoms with van der Waals surface area (Å²) in [6.45, 7) is 0. The minimum absolute atomic E-state index is 0.104. The standard InChI is InChI=1S/C9H7F3N6O4/c1-16(2)7-5(17(19)20)3-4(9(10,11)12)6(14-15-13)8(7)18(21)22/h3H,1-2H3. The van der Waals surface area contributed by atoms with Crippen molar-refractivity contribution >= 4 is 22.7 Å². The van der Waals surface area contributed by atoms with Crippen LogP contribution in [-0.2, 0) is 6.18 Å². The maximum Gasteiger partial charge on any atom is 0.417 e. The lowest BCUT2D eigenvalue weighted by molar-refractivity contribution is -0.392. The molecule has 0 unspecified atom stereocenters. The number of nitro groups is 2. The van der Waals surface area contributed by atoms with E-state index in [2.05, 4.69) is 10.0 Å². The first kappa shape index (κ1) is 17.0. The molecule has 0 amide bonds. The lowest BCUT2D eigenvalue weighted by atomic mass is 10.1. The van der Waals surface area contributed by atoms with E-state index in [1.807, 2.05) is 0 Å². The molecule has 1 aromatic rings. The van der Waals surface area contributed by atoms with E-state index in [0.29, 0.717) is 0 Å². The molecule has 0 aromatic heterocycles. The van der Waals surface area contributed by atoms with Gasteiger partial charge < -0.3 is 4.90 Å². The first-order valence-electron chi connectivity index (χ1n) is 5.31. The zero-order valence-electron chi connectivity index (χ0n) is 11.0. The Labute approximate surface area is 119 Å². The minimum atomic E-state index is -5.18. The quantitative estimate of drug-likeness (QED) is 0.274. The van der Waals surface area contributed by atoms with Crippen LogP contribution in [0.25, 0.3) is 10.4 Å². The van der Waals surface area contributed by atoms with Crippen molar-refractivity contribution in [2.75, 3.05) is 19.0 Å². The highest BCUT2D eigenvalue weighted by atomic mass is 19.4. The summed E-state index contributed by atoms with van der Waals surface area (Å²) in [4.78, 5) is 22.6. The van der Waals surface area contributed by atoms with Crippen LogP contribution in [0, 0.1) is 20.2 Å². The molecular weight excluding hydrogens is 313 g/mol. The molecule has 0 aliphatic heterocycles. The van der Waals surface area contributed by atoms with Gasteiger partial charge >= 0.3 is 11.9 Å². The molecule has 0 saturated heterocycles. The van der Waals surface area contributed by atoms with E-state index in [9.17, 15) is 33.4 Å². The fourth-order valence-corrected chi connectivity index (χ4v) is 1.75. The van der Waals surface area contributed by atoms with Crippen LogP contribution in [0.4, 0.5) is 35.9 Å². The Bertz CT molecular complexity index is 696. The molecule has 0 heterocycles. The average Bonchev–Trinajstić information content (AvgIpc) is 2.35. The molecule has 13 heteroatoms. The summed E-state index contributed by atoms with van der Waals surface area (Å²) in [5.41, 5.74) is 2.15. The second-order valence-corrected chi connectivity index (χ2v) is 4.08. The lowest BCUT2D eigenvalue weighted by Crippen LogP contribution is -2.16. The van der Waals surface area contributed by atoms with Crippen molar-refractivity contribution in [3.8, 4) is 0 Å². The van der Waals surface area contributed by atoms with Gasteiger partial charge in [-0.25, -0.2) is 0 Å². The third kappa shape index (κ3) is 2.98. The van der Waals surface area contributed by atoms with E-state index in [1.54, 1.807) is 0 Å². The number of alkyl halides is 3. The summed E-state index contributed by atoms with van der Waals surface area (Å²) >= 11 is 0. The first-order valence-corrected chi connectivity index (χ1v) is 5.31. The van der Waals surface area contributed by atoms with Gasteiger partial charge in [0.25, 0.3) is 5.69 Å². The normalized spacial score (nSPS) is 10.8. The van der Waals surface area contributed by atoms with E-state index in [4.69, 9.17) is 5.53 Å². The van der Waals surface area contributed by atoms with Crippen molar-refractivity contribution in [1.29, 1.82) is 0 Å². The van der Waals surface area contributed by atoms with Gasteiger partial charge in [-0.2, -0.15) is 13.2 Å². The number of hydrogen-bond acceptors (Lipinski definition) is 6. The summed E-state index contributed by atoms with van der Waals surface area (Å²) in [6.07, 6.45) is -5.18. The van der Waals surface area contributed by atoms with Gasteiger partial charge in [0.15, 0.2) is 5.69 Å². The van der Waals surface area contributed by atoms with Crippen LogP contribution in [-0.4, -0.2) is 23.9 Å². The van der Waals surface area contributed by atoms with E-state index in [1.165, 1.54) is 14.1 Å². The molecule has 0 fully saturated rings. The van der Waals surface area contributed by atoms with Crippen LogP contribution < -0.4 is 4.90 Å². The topological polar surface area (TPSA) is 138 Å². The Morgan fingerprint density at radius 1 is 1.27 bits per heavy atom. The minimum Gasteiger partial charge on any atom is -0.366 e. The van der Waals surface area contributed by atoms with Gasteiger partial charge in [-0.15, -0.1) is 0 Å². The molecule has 1 aromatic carbocycles. The molecule has 0 radical (unpaired) electrons. The van der Waals surface area contributed by atoms with Gasteiger partial charge in [0.1, 0.15) is 5.69 Å². The Kier molecular flexibility index (Phi) is 4.42. The highest BCUT2D eigenvalue weighted by molar-refractivity contribution is 5.85. The van der Waals surface area contributed by atoms with E-state index >= 15 is 0 Å². The number of benzene rings is 1. The highest BCUT2D eigenvalue weighted by Gasteiger charge is 2.42. The Morgan fingerprint density at radius 3 is 2.14 bits per heavy atom. The number of halogens is 3. The largest absolute Gasteiger partial charge is 0.417 e. The van der Waals surface area contributed by atoms with Crippen molar-refractivity contribution in [2.45, 2.75) is 6.18 Å². The van der Waals surface area contributed by atoms with Gasteiger partial charge in [0.05, 0.1) is 15.4 Å². The smallest absolute Gasteiger partial charge is 0.366 e. The van der Waals surface area contributed by atoms with Gasteiger partial charge in [0, 0.05) is 25.1 Å². The second kappa shape index (κ2) is 5.73. The number of hydrogen-bond donors (Lipinski definition) is 0. The molecule has 1 rings (SSSR count). The monoisotopic (exact) mass is 320 g/mol. The second-order valence-electron chi connectivity index (χ2n) is 4.08. The summed E-state index contributed by atoms with van der Waals surface area (Å²) in [6, 6.07) is 0.104. The van der Waals surface area contributed by atoms with Gasteiger partial charge in [-0.05, 0) is 5.53 Å². The highest BCUT2D eigenvalue weighted by Crippen LogP contribution is 2.50. The maximum atomic E-state index is 12.9. The molecule has 0 atom stereocenters. The van der Waals surface area contributed by atoms with Crippen LogP contribution in [0.1, 0.15) is 5.56 Å². The van der Waals surface area contributed by atoms with Crippen LogP contribution in [0.15, 0.2) is 11.2 Å². The van der Waals surface area contributed by atoms with Crippen molar-refractivity contribution in [2.24, 2.45) is 5.11 Å². The Hall–Kier alpha value is -3.08. The van der Waals surface area contributed by atoms with Crippen LogP contribution in [0.5, 0.6) is 0 Å². The van der Waals surface area contributed by atoms with Gasteiger partial charge in [-0.1, -0.05) is 5.11 Å². The van der Waals surface area contributed by atoms with Crippen molar-refractivity contribution in [3.05, 3.63) is 42.3 Å². The zero-order valence-corrected chi connectivity index (χ0v) is 11.0. The molecule has 0 aliphatic rings. The van der Waals surface area contributed by atoms with Crippen molar-refractivity contribution in [3.63, 3.8) is 0 Å². The van der Waals surface area contributed by atoms with E-state index < -0.39 is 44.3 Å². The molecule has 118 valence electrons. The molecule has 0 aliphatic carbocycles. The lowest BCUT2D eigenvalue weighted by Gasteiger charge is -2.17. The molecule has 22 heavy (non-hydrogen) atoms. The molecule has 0 N–H and O–H groups in total. The summed E-state index contributed by atoms with van der Waals surface area (Å²) in [5, 5.41) is 24.7. The molecular formula is C9H7F3N6O4. The molecule has 0 saturated carbocycles. The van der Waals surface area contributed by atoms with E-state index in [0.717, 1.165) is 4.90 Å².